The minimum atomic E-state index is -0.0601. The minimum Gasteiger partial charge on any atom is -0.376 e. The highest BCUT2D eigenvalue weighted by atomic mass is 35.5. The Morgan fingerprint density at radius 2 is 2.21 bits per heavy atom. The van der Waals surface area contributed by atoms with Crippen LogP contribution in [-0.4, -0.2) is 41.6 Å². The van der Waals surface area contributed by atoms with Crippen molar-refractivity contribution >= 4 is 23.6 Å². The van der Waals surface area contributed by atoms with Gasteiger partial charge in [0.05, 0.1) is 11.1 Å². The van der Waals surface area contributed by atoms with E-state index in [0.717, 1.165) is 25.0 Å². The molecule has 0 unspecified atom stereocenters. The summed E-state index contributed by atoms with van der Waals surface area (Å²) in [5.41, 5.74) is 1.62. The Morgan fingerprint density at radius 3 is 2.88 bits per heavy atom. The van der Waals surface area contributed by atoms with E-state index in [1.165, 1.54) is 0 Å². The zero-order valence-electron chi connectivity index (χ0n) is 13.5. The van der Waals surface area contributed by atoms with E-state index < -0.39 is 0 Å². The Kier molecular flexibility index (Phi) is 5.72. The first kappa shape index (κ1) is 16.8. The van der Waals surface area contributed by atoms with Crippen molar-refractivity contribution in [1.29, 1.82) is 0 Å². The van der Waals surface area contributed by atoms with Gasteiger partial charge < -0.3 is 14.6 Å². The number of aromatic nitrogens is 1. The number of benzene rings is 1. The topological polar surface area (TPSA) is 45.3 Å². The summed E-state index contributed by atoms with van der Waals surface area (Å²) < 4.78 is 5.69. The standard InChI is InChI=1S/C19H21ClN2O2/c20-16-12-18(21-13-16)19(23)22(14-17-9-5-11-24-17)10-4-8-15-6-2-1-3-7-15/h1-4,6-8,12-13,17,21H,5,9-11,14H2/b8-4+/t17-/m1/s1. The van der Waals surface area contributed by atoms with Gasteiger partial charge in [0.2, 0.25) is 0 Å². The van der Waals surface area contributed by atoms with E-state index >= 15 is 0 Å². The lowest BCUT2D eigenvalue weighted by Crippen LogP contribution is -2.37. The quantitative estimate of drug-likeness (QED) is 0.860. The molecule has 4 nitrogen and oxygen atoms in total. The van der Waals surface area contributed by atoms with Crippen LogP contribution in [0.5, 0.6) is 0 Å². The van der Waals surface area contributed by atoms with E-state index in [2.05, 4.69) is 4.98 Å². The highest BCUT2D eigenvalue weighted by molar-refractivity contribution is 6.30. The zero-order chi connectivity index (χ0) is 16.8. The van der Waals surface area contributed by atoms with E-state index in [-0.39, 0.29) is 12.0 Å². The molecule has 1 aliphatic rings. The molecule has 1 N–H and O–H groups in total. The molecule has 1 aliphatic heterocycles. The summed E-state index contributed by atoms with van der Waals surface area (Å²) in [6.45, 7) is 1.90. The molecule has 1 fully saturated rings. The summed E-state index contributed by atoms with van der Waals surface area (Å²) in [5.74, 6) is -0.0601. The predicted octanol–water partition coefficient (Wildman–Crippen LogP) is 4.00. The number of rotatable bonds is 6. The van der Waals surface area contributed by atoms with Crippen LogP contribution in [0.25, 0.3) is 6.08 Å². The van der Waals surface area contributed by atoms with Crippen LogP contribution in [0.15, 0.2) is 48.7 Å². The normalized spacial score (nSPS) is 17.5. The second-order valence-electron chi connectivity index (χ2n) is 5.89. The minimum absolute atomic E-state index is 0.0601. The van der Waals surface area contributed by atoms with Crippen LogP contribution >= 0.6 is 11.6 Å². The first-order valence-corrected chi connectivity index (χ1v) is 8.56. The Bertz CT molecular complexity index is 690. The number of carbonyl (C=O) groups is 1. The van der Waals surface area contributed by atoms with Crippen molar-refractivity contribution in [2.24, 2.45) is 0 Å². The molecule has 1 atom stereocenters. The third kappa shape index (κ3) is 4.49. The molecule has 1 aromatic heterocycles. The number of amides is 1. The van der Waals surface area contributed by atoms with Crippen LogP contribution in [0, 0.1) is 0 Å². The Labute approximate surface area is 147 Å². The average molecular weight is 345 g/mol. The van der Waals surface area contributed by atoms with E-state index in [1.54, 1.807) is 17.2 Å². The second-order valence-corrected chi connectivity index (χ2v) is 6.33. The highest BCUT2D eigenvalue weighted by Crippen LogP contribution is 2.17. The molecule has 2 heterocycles. The smallest absolute Gasteiger partial charge is 0.270 e. The number of hydrogen-bond donors (Lipinski definition) is 1. The third-order valence-corrected chi connectivity index (χ3v) is 4.27. The van der Waals surface area contributed by atoms with Crippen molar-refractivity contribution in [2.45, 2.75) is 18.9 Å². The SMILES string of the molecule is O=C(c1cc(Cl)c[nH]1)N(C/C=C/c1ccccc1)C[C@H]1CCCO1. The molecule has 1 amide bonds. The molecule has 5 heteroatoms. The average Bonchev–Trinajstić information content (AvgIpc) is 3.26. The van der Waals surface area contributed by atoms with Crippen molar-refractivity contribution in [3.8, 4) is 0 Å². The number of hydrogen-bond acceptors (Lipinski definition) is 2. The van der Waals surface area contributed by atoms with Crippen molar-refractivity contribution in [1.82, 2.24) is 9.88 Å². The van der Waals surface area contributed by atoms with Crippen LogP contribution in [-0.2, 0) is 4.74 Å². The van der Waals surface area contributed by atoms with Gasteiger partial charge >= 0.3 is 0 Å². The molecular weight excluding hydrogens is 324 g/mol. The second kappa shape index (κ2) is 8.18. The van der Waals surface area contributed by atoms with Gasteiger partial charge in [0.15, 0.2) is 0 Å². The number of carbonyl (C=O) groups excluding carboxylic acids is 1. The van der Waals surface area contributed by atoms with Gasteiger partial charge in [-0.05, 0) is 24.5 Å². The van der Waals surface area contributed by atoms with Gasteiger partial charge in [-0.2, -0.15) is 0 Å². The van der Waals surface area contributed by atoms with Crippen molar-refractivity contribution in [3.63, 3.8) is 0 Å². The Morgan fingerprint density at radius 1 is 1.38 bits per heavy atom. The van der Waals surface area contributed by atoms with Crippen LogP contribution in [0.3, 0.4) is 0 Å². The molecule has 2 aromatic rings. The summed E-state index contributed by atoms with van der Waals surface area (Å²) >= 11 is 5.92. The molecule has 1 saturated heterocycles. The van der Waals surface area contributed by atoms with Gasteiger partial charge in [-0.3, -0.25) is 4.79 Å². The van der Waals surface area contributed by atoms with Gasteiger partial charge in [0.25, 0.3) is 5.91 Å². The molecule has 0 bridgehead atoms. The maximum atomic E-state index is 12.7. The summed E-state index contributed by atoms with van der Waals surface area (Å²) in [7, 11) is 0. The summed E-state index contributed by atoms with van der Waals surface area (Å²) in [6.07, 6.45) is 7.83. The van der Waals surface area contributed by atoms with E-state index in [0.29, 0.717) is 23.8 Å². The summed E-state index contributed by atoms with van der Waals surface area (Å²) in [6, 6.07) is 11.7. The van der Waals surface area contributed by atoms with Crippen molar-refractivity contribution in [2.75, 3.05) is 19.7 Å². The molecule has 126 valence electrons. The lowest BCUT2D eigenvalue weighted by Gasteiger charge is -2.23. The predicted molar refractivity (Wildman–Crippen MR) is 96.2 cm³/mol. The monoisotopic (exact) mass is 344 g/mol. The lowest BCUT2D eigenvalue weighted by molar-refractivity contribution is 0.0550. The molecule has 0 aliphatic carbocycles. The van der Waals surface area contributed by atoms with E-state index in [1.807, 2.05) is 42.5 Å². The molecular formula is C19H21ClN2O2. The first-order valence-electron chi connectivity index (χ1n) is 8.19. The fourth-order valence-corrected chi connectivity index (χ4v) is 2.98. The molecule has 0 spiro atoms. The van der Waals surface area contributed by atoms with Gasteiger partial charge in [-0.15, -0.1) is 0 Å². The van der Waals surface area contributed by atoms with Gasteiger partial charge in [0, 0.05) is 25.9 Å². The third-order valence-electron chi connectivity index (χ3n) is 4.05. The van der Waals surface area contributed by atoms with E-state index in [9.17, 15) is 4.79 Å². The molecule has 0 radical (unpaired) electrons. The number of nitrogens with one attached hydrogen (secondary N) is 1. The van der Waals surface area contributed by atoms with Crippen molar-refractivity contribution < 1.29 is 9.53 Å². The van der Waals surface area contributed by atoms with Crippen LogP contribution in [0.1, 0.15) is 28.9 Å². The van der Waals surface area contributed by atoms with Gasteiger partial charge in [-0.1, -0.05) is 54.1 Å². The number of nitrogens with zero attached hydrogens (tertiary/aromatic N) is 1. The molecule has 24 heavy (non-hydrogen) atoms. The fraction of sp³-hybridized carbons (Fsp3) is 0.316. The fourth-order valence-electron chi connectivity index (χ4n) is 2.82. The van der Waals surface area contributed by atoms with Crippen LogP contribution in [0.4, 0.5) is 0 Å². The molecule has 0 saturated carbocycles. The number of H-pyrrole nitrogens is 1. The Hall–Kier alpha value is -2.04. The van der Waals surface area contributed by atoms with Gasteiger partial charge in [-0.25, -0.2) is 0 Å². The lowest BCUT2D eigenvalue weighted by atomic mass is 10.2. The molecule has 1 aromatic carbocycles. The largest absolute Gasteiger partial charge is 0.376 e. The van der Waals surface area contributed by atoms with Crippen LogP contribution in [0.2, 0.25) is 5.02 Å². The first-order chi connectivity index (χ1) is 11.7. The van der Waals surface area contributed by atoms with E-state index in [4.69, 9.17) is 16.3 Å². The molecule has 3 rings (SSSR count). The Balaban J connectivity index is 1.69. The summed E-state index contributed by atoms with van der Waals surface area (Å²) in [4.78, 5) is 17.5. The number of ether oxygens (including phenoxy) is 1. The maximum Gasteiger partial charge on any atom is 0.270 e. The number of aromatic amines is 1. The maximum absolute atomic E-state index is 12.7. The van der Waals surface area contributed by atoms with Gasteiger partial charge in [0.1, 0.15) is 5.69 Å². The zero-order valence-corrected chi connectivity index (χ0v) is 14.2. The highest BCUT2D eigenvalue weighted by Gasteiger charge is 2.23. The van der Waals surface area contributed by atoms with Crippen LogP contribution < -0.4 is 0 Å². The number of halogens is 1. The van der Waals surface area contributed by atoms with Crippen molar-refractivity contribution in [3.05, 3.63) is 65.0 Å². The summed E-state index contributed by atoms with van der Waals surface area (Å²) in [5, 5.41) is 0.537.